The van der Waals surface area contributed by atoms with Crippen molar-refractivity contribution in [1.82, 2.24) is 0 Å². The predicted molar refractivity (Wildman–Crippen MR) is 76.8 cm³/mol. The fourth-order valence-corrected chi connectivity index (χ4v) is 4.15. The number of anilines is 1. The molecule has 1 aromatic rings. The summed E-state index contributed by atoms with van der Waals surface area (Å²) in [5.74, 6) is 0.410. The summed E-state index contributed by atoms with van der Waals surface area (Å²) in [6, 6.07) is 5.06. The molecule has 1 aromatic carbocycles. The van der Waals surface area contributed by atoms with Crippen molar-refractivity contribution < 1.29 is 13.5 Å². The molecule has 0 saturated heterocycles. The number of phenolic OH excluding ortho intramolecular Hbond substituents is 1. The normalized spacial score (nSPS) is 17.3. The molecule has 0 unspecified atom stereocenters. The van der Waals surface area contributed by atoms with Gasteiger partial charge in [-0.1, -0.05) is 31.4 Å². The molecule has 1 saturated carbocycles. The van der Waals surface area contributed by atoms with Crippen molar-refractivity contribution in [3.63, 3.8) is 0 Å². The van der Waals surface area contributed by atoms with E-state index in [2.05, 4.69) is 4.72 Å². The van der Waals surface area contributed by atoms with Gasteiger partial charge in [0.25, 0.3) is 0 Å². The average Bonchev–Trinajstić information content (AvgIpc) is 2.35. The van der Waals surface area contributed by atoms with Crippen molar-refractivity contribution in [2.45, 2.75) is 39.0 Å². The van der Waals surface area contributed by atoms with Crippen molar-refractivity contribution in [2.24, 2.45) is 5.92 Å². The highest BCUT2D eigenvalue weighted by molar-refractivity contribution is 7.92. The lowest BCUT2D eigenvalue weighted by Gasteiger charge is -2.21. The van der Waals surface area contributed by atoms with Crippen LogP contribution in [0.25, 0.3) is 0 Å². The van der Waals surface area contributed by atoms with Crippen molar-refractivity contribution in [1.29, 1.82) is 0 Å². The van der Waals surface area contributed by atoms with Gasteiger partial charge in [-0.3, -0.25) is 4.72 Å². The molecule has 0 amide bonds. The fraction of sp³-hybridized carbons (Fsp3) is 0.571. The monoisotopic (exact) mass is 283 g/mol. The van der Waals surface area contributed by atoms with Crippen molar-refractivity contribution >= 4 is 15.7 Å². The molecule has 0 aromatic heterocycles. The average molecular weight is 283 g/mol. The summed E-state index contributed by atoms with van der Waals surface area (Å²) in [6.45, 7) is 1.74. The molecular weight excluding hydrogens is 262 g/mol. The first-order chi connectivity index (χ1) is 8.98. The van der Waals surface area contributed by atoms with E-state index in [1.807, 2.05) is 0 Å². The third-order valence-corrected chi connectivity index (χ3v) is 5.12. The standard InChI is InChI=1S/C14H21NO3S/c1-11-6-5-9-13(14(11)16)15-19(17,18)10-12-7-3-2-4-8-12/h5-6,9,12,15-16H,2-4,7-8,10H2,1H3. The number of nitrogens with one attached hydrogen (secondary N) is 1. The maximum absolute atomic E-state index is 12.1. The largest absolute Gasteiger partial charge is 0.505 e. The molecule has 0 aliphatic heterocycles. The molecule has 1 aliphatic rings. The van der Waals surface area contributed by atoms with Gasteiger partial charge in [-0.05, 0) is 37.3 Å². The number of aryl methyl sites for hydroxylation is 1. The number of aromatic hydroxyl groups is 1. The molecule has 0 spiro atoms. The highest BCUT2D eigenvalue weighted by atomic mass is 32.2. The predicted octanol–water partition coefficient (Wildman–Crippen LogP) is 3.02. The molecule has 106 valence electrons. The van der Waals surface area contributed by atoms with Crippen LogP contribution in [0.2, 0.25) is 0 Å². The number of hydrogen-bond acceptors (Lipinski definition) is 3. The second-order valence-corrected chi connectivity index (χ2v) is 7.13. The highest BCUT2D eigenvalue weighted by Crippen LogP contribution is 2.29. The second-order valence-electron chi connectivity index (χ2n) is 5.36. The zero-order chi connectivity index (χ0) is 13.9. The van der Waals surface area contributed by atoms with E-state index in [1.54, 1.807) is 25.1 Å². The van der Waals surface area contributed by atoms with Gasteiger partial charge in [0.15, 0.2) is 0 Å². The van der Waals surface area contributed by atoms with Gasteiger partial charge in [0.1, 0.15) is 5.75 Å². The summed E-state index contributed by atoms with van der Waals surface area (Å²) in [5, 5.41) is 9.84. The van der Waals surface area contributed by atoms with Gasteiger partial charge < -0.3 is 5.11 Å². The molecule has 2 N–H and O–H groups in total. The van der Waals surface area contributed by atoms with Crippen LogP contribution in [0.4, 0.5) is 5.69 Å². The van der Waals surface area contributed by atoms with Gasteiger partial charge in [0.2, 0.25) is 10.0 Å². The summed E-state index contributed by atoms with van der Waals surface area (Å²) in [5.41, 5.74) is 0.939. The number of sulfonamides is 1. The van der Waals surface area contributed by atoms with Crippen LogP contribution >= 0.6 is 0 Å². The van der Waals surface area contributed by atoms with E-state index in [4.69, 9.17) is 0 Å². The van der Waals surface area contributed by atoms with E-state index in [0.29, 0.717) is 5.56 Å². The minimum absolute atomic E-state index is 0.00900. The van der Waals surface area contributed by atoms with Gasteiger partial charge in [0, 0.05) is 0 Å². The van der Waals surface area contributed by atoms with E-state index in [9.17, 15) is 13.5 Å². The minimum atomic E-state index is -3.38. The zero-order valence-corrected chi connectivity index (χ0v) is 12.0. The second kappa shape index (κ2) is 5.82. The molecule has 1 fully saturated rings. The smallest absolute Gasteiger partial charge is 0.233 e. The van der Waals surface area contributed by atoms with Crippen LogP contribution in [0.15, 0.2) is 18.2 Å². The number of benzene rings is 1. The van der Waals surface area contributed by atoms with E-state index < -0.39 is 10.0 Å². The Morgan fingerprint density at radius 2 is 1.95 bits per heavy atom. The summed E-state index contributed by atoms with van der Waals surface area (Å²) in [6.07, 6.45) is 5.43. The molecule has 0 atom stereocenters. The summed E-state index contributed by atoms with van der Waals surface area (Å²) in [4.78, 5) is 0. The SMILES string of the molecule is Cc1cccc(NS(=O)(=O)CC2CCCCC2)c1O. The van der Waals surface area contributed by atoms with Crippen molar-refractivity contribution in [3.05, 3.63) is 23.8 Å². The van der Waals surface area contributed by atoms with Gasteiger partial charge in [-0.15, -0.1) is 0 Å². The molecule has 0 radical (unpaired) electrons. The Hall–Kier alpha value is -1.23. The van der Waals surface area contributed by atoms with Crippen LogP contribution in [0.1, 0.15) is 37.7 Å². The molecule has 0 heterocycles. The first-order valence-electron chi connectivity index (χ1n) is 6.77. The Labute approximate surface area is 114 Å². The Bertz CT molecular complexity index is 534. The lowest BCUT2D eigenvalue weighted by molar-refractivity contribution is 0.385. The highest BCUT2D eigenvalue weighted by Gasteiger charge is 2.22. The van der Waals surface area contributed by atoms with Crippen molar-refractivity contribution in [2.75, 3.05) is 10.5 Å². The van der Waals surface area contributed by atoms with Crippen LogP contribution in [-0.2, 0) is 10.0 Å². The van der Waals surface area contributed by atoms with Gasteiger partial charge in [0.05, 0.1) is 11.4 Å². The topological polar surface area (TPSA) is 66.4 Å². The van der Waals surface area contributed by atoms with Gasteiger partial charge in [-0.2, -0.15) is 0 Å². The third kappa shape index (κ3) is 3.86. The number of hydrogen-bond donors (Lipinski definition) is 2. The van der Waals surface area contributed by atoms with E-state index >= 15 is 0 Å². The van der Waals surface area contributed by atoms with Crippen molar-refractivity contribution in [3.8, 4) is 5.75 Å². The molecule has 1 aliphatic carbocycles. The zero-order valence-electron chi connectivity index (χ0n) is 11.2. The number of para-hydroxylation sites is 1. The third-order valence-electron chi connectivity index (χ3n) is 3.68. The van der Waals surface area contributed by atoms with Crippen LogP contribution in [0, 0.1) is 12.8 Å². The number of phenols is 1. The van der Waals surface area contributed by atoms with E-state index in [0.717, 1.165) is 25.7 Å². The summed E-state index contributed by atoms with van der Waals surface area (Å²) >= 11 is 0. The minimum Gasteiger partial charge on any atom is -0.505 e. The van der Waals surface area contributed by atoms with E-state index in [1.165, 1.54) is 6.42 Å². The lowest BCUT2D eigenvalue weighted by atomic mass is 9.91. The molecule has 0 bridgehead atoms. The maximum atomic E-state index is 12.1. The molecule has 2 rings (SSSR count). The van der Waals surface area contributed by atoms with E-state index in [-0.39, 0.29) is 23.1 Å². The summed E-state index contributed by atoms with van der Waals surface area (Å²) in [7, 11) is -3.38. The first-order valence-corrected chi connectivity index (χ1v) is 8.42. The molecule has 5 heteroatoms. The Morgan fingerprint density at radius 3 is 2.63 bits per heavy atom. The fourth-order valence-electron chi connectivity index (χ4n) is 2.61. The van der Waals surface area contributed by atoms with Crippen LogP contribution in [0.5, 0.6) is 5.75 Å². The Kier molecular flexibility index (Phi) is 4.34. The molecular formula is C14H21NO3S. The van der Waals surface area contributed by atoms with Gasteiger partial charge in [-0.25, -0.2) is 8.42 Å². The quantitative estimate of drug-likeness (QED) is 0.835. The molecule has 19 heavy (non-hydrogen) atoms. The lowest BCUT2D eigenvalue weighted by Crippen LogP contribution is -2.24. The van der Waals surface area contributed by atoms with Crippen LogP contribution in [0.3, 0.4) is 0 Å². The maximum Gasteiger partial charge on any atom is 0.233 e. The summed E-state index contributed by atoms with van der Waals surface area (Å²) < 4.78 is 26.7. The Balaban J connectivity index is 2.06. The van der Waals surface area contributed by atoms with Crippen LogP contribution in [-0.4, -0.2) is 19.3 Å². The first kappa shape index (κ1) is 14.2. The van der Waals surface area contributed by atoms with Gasteiger partial charge >= 0.3 is 0 Å². The number of rotatable bonds is 4. The molecule has 4 nitrogen and oxygen atoms in total. The Morgan fingerprint density at radius 1 is 1.26 bits per heavy atom. The van der Waals surface area contributed by atoms with Crippen LogP contribution < -0.4 is 4.72 Å².